The second kappa shape index (κ2) is 4.87. The summed E-state index contributed by atoms with van der Waals surface area (Å²) in [6.45, 7) is 5.09. The molecule has 3 rings (SSSR count). The molecule has 116 valence electrons. The summed E-state index contributed by atoms with van der Waals surface area (Å²) in [5, 5.41) is 0.647. The van der Waals surface area contributed by atoms with Crippen LogP contribution in [0.25, 0.3) is 10.9 Å². The summed E-state index contributed by atoms with van der Waals surface area (Å²) >= 11 is 0. The third-order valence-electron chi connectivity index (χ3n) is 4.18. The minimum atomic E-state index is -0.689. The van der Waals surface area contributed by atoms with E-state index >= 15 is 0 Å². The molecule has 5 nitrogen and oxygen atoms in total. The van der Waals surface area contributed by atoms with Crippen LogP contribution in [-0.4, -0.2) is 22.2 Å². The van der Waals surface area contributed by atoms with Crippen LogP contribution < -0.4 is 10.2 Å². The van der Waals surface area contributed by atoms with Crippen molar-refractivity contribution in [2.75, 3.05) is 0 Å². The molecule has 1 aromatic heterocycles. The van der Waals surface area contributed by atoms with E-state index in [0.717, 1.165) is 5.52 Å². The molecule has 22 heavy (non-hydrogen) atoms. The number of pyridine rings is 1. The van der Waals surface area contributed by atoms with Crippen molar-refractivity contribution in [3.8, 4) is 5.88 Å². The number of nitrogens with zero attached hydrogens (tertiary/aromatic N) is 1. The number of carbonyl (C=O) groups is 1. The zero-order valence-electron chi connectivity index (χ0n) is 13.2. The molecule has 0 fully saturated rings. The molecule has 0 bridgehead atoms. The lowest BCUT2D eigenvalue weighted by Gasteiger charge is -2.39. The number of aryl methyl sites for hydroxylation is 1. The summed E-state index contributed by atoms with van der Waals surface area (Å²) in [5.74, 6) is 0.180. The van der Waals surface area contributed by atoms with Crippen molar-refractivity contribution >= 4 is 16.9 Å². The molecule has 0 unspecified atom stereocenters. The third kappa shape index (κ3) is 2.17. The summed E-state index contributed by atoms with van der Waals surface area (Å²) in [5.41, 5.74) is 0.641. The van der Waals surface area contributed by atoms with Crippen LogP contribution in [0.5, 0.6) is 5.88 Å². The number of rotatable bonds is 1. The fourth-order valence-corrected chi connectivity index (χ4v) is 2.97. The predicted octanol–water partition coefficient (Wildman–Crippen LogP) is 2.18. The first kappa shape index (κ1) is 14.6. The number of hydrogen-bond acceptors (Lipinski definition) is 4. The van der Waals surface area contributed by atoms with Crippen LogP contribution in [0.3, 0.4) is 0 Å². The highest BCUT2D eigenvalue weighted by atomic mass is 16.6. The van der Waals surface area contributed by atoms with Crippen molar-refractivity contribution in [3.05, 3.63) is 40.1 Å². The summed E-state index contributed by atoms with van der Waals surface area (Å²) in [6, 6.07) is 7.43. The van der Waals surface area contributed by atoms with Gasteiger partial charge in [0.05, 0.1) is 11.1 Å². The van der Waals surface area contributed by atoms with Crippen LogP contribution in [0.4, 0.5) is 0 Å². The van der Waals surface area contributed by atoms with E-state index in [0.29, 0.717) is 23.3 Å². The lowest BCUT2D eigenvalue weighted by atomic mass is 9.91. The van der Waals surface area contributed by atoms with Gasteiger partial charge in [0.1, 0.15) is 11.7 Å². The number of ether oxygens (including phenoxy) is 2. The fourth-order valence-electron chi connectivity index (χ4n) is 2.97. The number of para-hydroxylation sites is 1. The standard InChI is InChI=1S/C17H19NO4/c1-10(19)21-14-9-12-15(20)11-7-5-6-8-13(11)18(4)16(12)22-17(14,2)3/h5-8,14H,9H2,1-4H3/t14-/m1/s1. The largest absolute Gasteiger partial charge is 0.469 e. The topological polar surface area (TPSA) is 57.5 Å². The van der Waals surface area contributed by atoms with E-state index in [4.69, 9.17) is 9.47 Å². The van der Waals surface area contributed by atoms with Crippen LogP contribution in [0, 0.1) is 0 Å². The molecule has 0 saturated heterocycles. The Bertz CT molecular complexity index is 819. The number of hydrogen-bond donors (Lipinski definition) is 0. The van der Waals surface area contributed by atoms with Crippen molar-refractivity contribution < 1.29 is 14.3 Å². The van der Waals surface area contributed by atoms with Crippen molar-refractivity contribution in [3.63, 3.8) is 0 Å². The van der Waals surface area contributed by atoms with Gasteiger partial charge < -0.3 is 14.0 Å². The van der Waals surface area contributed by atoms with E-state index < -0.39 is 11.7 Å². The molecule has 1 aliphatic rings. The van der Waals surface area contributed by atoms with E-state index in [1.165, 1.54) is 6.92 Å². The summed E-state index contributed by atoms with van der Waals surface area (Å²) in [4.78, 5) is 24.0. The Hall–Kier alpha value is -2.30. The molecule has 0 saturated carbocycles. The lowest BCUT2D eigenvalue weighted by molar-refractivity contribution is -0.159. The highest BCUT2D eigenvalue weighted by molar-refractivity contribution is 5.81. The maximum Gasteiger partial charge on any atom is 0.303 e. The summed E-state index contributed by atoms with van der Waals surface area (Å²) in [6.07, 6.45) is -0.120. The van der Waals surface area contributed by atoms with Crippen LogP contribution >= 0.6 is 0 Å². The van der Waals surface area contributed by atoms with Gasteiger partial charge in [-0.15, -0.1) is 0 Å². The molecular weight excluding hydrogens is 282 g/mol. The molecule has 0 N–H and O–H groups in total. The Morgan fingerprint density at radius 1 is 1.36 bits per heavy atom. The van der Waals surface area contributed by atoms with Gasteiger partial charge in [-0.1, -0.05) is 12.1 Å². The first-order valence-electron chi connectivity index (χ1n) is 7.28. The van der Waals surface area contributed by atoms with Gasteiger partial charge in [0.2, 0.25) is 5.88 Å². The third-order valence-corrected chi connectivity index (χ3v) is 4.18. The van der Waals surface area contributed by atoms with Gasteiger partial charge in [-0.25, -0.2) is 0 Å². The normalized spacial score (nSPS) is 19.4. The maximum absolute atomic E-state index is 12.7. The van der Waals surface area contributed by atoms with Crippen molar-refractivity contribution in [1.29, 1.82) is 0 Å². The van der Waals surface area contributed by atoms with Gasteiger partial charge in [0.25, 0.3) is 0 Å². The number of aromatic nitrogens is 1. The highest BCUT2D eigenvalue weighted by Crippen LogP contribution is 2.34. The van der Waals surface area contributed by atoms with Gasteiger partial charge in [0.15, 0.2) is 5.43 Å². The molecule has 1 aromatic carbocycles. The summed E-state index contributed by atoms with van der Waals surface area (Å²) in [7, 11) is 1.88. The number of carbonyl (C=O) groups excluding carboxylic acids is 1. The lowest BCUT2D eigenvalue weighted by Crippen LogP contribution is -2.50. The molecule has 0 spiro atoms. The second-order valence-electron chi connectivity index (χ2n) is 6.20. The molecule has 1 atom stereocenters. The molecule has 0 amide bonds. The van der Waals surface area contributed by atoms with Crippen molar-refractivity contribution in [1.82, 2.24) is 4.57 Å². The maximum atomic E-state index is 12.7. The zero-order chi connectivity index (χ0) is 16.1. The van der Waals surface area contributed by atoms with E-state index in [-0.39, 0.29) is 11.4 Å². The average molecular weight is 301 g/mol. The van der Waals surface area contributed by atoms with Crippen LogP contribution in [-0.2, 0) is 23.0 Å². The fraction of sp³-hybridized carbons (Fsp3) is 0.412. The van der Waals surface area contributed by atoms with Gasteiger partial charge >= 0.3 is 5.97 Å². The zero-order valence-corrected chi connectivity index (χ0v) is 13.2. The average Bonchev–Trinajstić information content (AvgIpc) is 2.46. The molecule has 2 heterocycles. The van der Waals surface area contributed by atoms with Gasteiger partial charge in [0, 0.05) is 25.8 Å². The van der Waals surface area contributed by atoms with Crippen LogP contribution in [0.15, 0.2) is 29.1 Å². The Morgan fingerprint density at radius 3 is 2.73 bits per heavy atom. The molecular formula is C17H19NO4. The van der Waals surface area contributed by atoms with Crippen molar-refractivity contribution in [2.45, 2.75) is 38.9 Å². The van der Waals surface area contributed by atoms with E-state index in [9.17, 15) is 9.59 Å². The molecule has 2 aromatic rings. The van der Waals surface area contributed by atoms with E-state index in [1.54, 1.807) is 6.07 Å². The van der Waals surface area contributed by atoms with Crippen LogP contribution in [0.2, 0.25) is 0 Å². The highest BCUT2D eigenvalue weighted by Gasteiger charge is 2.41. The number of fused-ring (bicyclic) bond motifs is 2. The van der Waals surface area contributed by atoms with Gasteiger partial charge in [-0.05, 0) is 26.0 Å². The smallest absolute Gasteiger partial charge is 0.303 e. The van der Waals surface area contributed by atoms with Gasteiger partial charge in [-0.3, -0.25) is 9.59 Å². The number of esters is 1. The Morgan fingerprint density at radius 2 is 2.05 bits per heavy atom. The van der Waals surface area contributed by atoms with Crippen LogP contribution in [0.1, 0.15) is 26.3 Å². The minimum Gasteiger partial charge on any atom is -0.469 e. The monoisotopic (exact) mass is 301 g/mol. The Kier molecular flexibility index (Phi) is 3.24. The van der Waals surface area contributed by atoms with Gasteiger partial charge in [-0.2, -0.15) is 0 Å². The molecule has 1 aliphatic heterocycles. The molecule has 0 radical (unpaired) electrons. The van der Waals surface area contributed by atoms with E-state index in [1.807, 2.05) is 43.7 Å². The Labute approximate surface area is 128 Å². The SMILES string of the molecule is CC(=O)O[C@@H]1Cc2c(n(C)c3ccccc3c2=O)OC1(C)C. The quantitative estimate of drug-likeness (QED) is 0.758. The predicted molar refractivity (Wildman–Crippen MR) is 83.2 cm³/mol. The minimum absolute atomic E-state index is 0.0589. The Balaban J connectivity index is 2.22. The molecule has 0 aliphatic carbocycles. The molecule has 5 heteroatoms. The van der Waals surface area contributed by atoms with Crippen molar-refractivity contribution in [2.24, 2.45) is 7.05 Å². The second-order valence-corrected chi connectivity index (χ2v) is 6.20. The summed E-state index contributed by atoms with van der Waals surface area (Å²) < 4.78 is 13.3. The first-order valence-corrected chi connectivity index (χ1v) is 7.28. The van der Waals surface area contributed by atoms with E-state index in [2.05, 4.69) is 0 Å². The number of benzene rings is 1. The first-order chi connectivity index (χ1) is 10.3.